The fourth-order valence-electron chi connectivity index (χ4n) is 2.64. The number of urea groups is 1. The molecule has 0 spiro atoms. The maximum atomic E-state index is 12.5. The number of nitrogens with one attached hydrogen (secondary N) is 1. The summed E-state index contributed by atoms with van der Waals surface area (Å²) in [4.78, 5) is 29.7. The van der Waals surface area contributed by atoms with Gasteiger partial charge in [-0.15, -0.1) is 11.3 Å². The lowest BCUT2D eigenvalue weighted by Gasteiger charge is -2.41. The second kappa shape index (κ2) is 6.43. The molecular formula is C14H21N3O3S. The van der Waals surface area contributed by atoms with Crippen LogP contribution in [0.25, 0.3) is 0 Å². The summed E-state index contributed by atoms with van der Waals surface area (Å²) in [6.07, 6.45) is 4.58. The predicted molar refractivity (Wildman–Crippen MR) is 80.3 cm³/mol. The highest BCUT2D eigenvalue weighted by Crippen LogP contribution is 2.29. The molecule has 0 aliphatic carbocycles. The van der Waals surface area contributed by atoms with Crippen molar-refractivity contribution in [2.24, 2.45) is 0 Å². The Morgan fingerprint density at radius 1 is 1.57 bits per heavy atom. The number of carboxylic acid groups (broad SMARTS) is 1. The van der Waals surface area contributed by atoms with Gasteiger partial charge in [-0.3, -0.25) is 0 Å². The maximum Gasteiger partial charge on any atom is 0.329 e. The third-order valence-electron chi connectivity index (χ3n) is 4.05. The number of aliphatic carboxylic acids is 1. The van der Waals surface area contributed by atoms with Gasteiger partial charge in [-0.25, -0.2) is 14.6 Å². The third-order valence-corrected chi connectivity index (χ3v) is 4.94. The first kappa shape index (κ1) is 15.8. The van der Waals surface area contributed by atoms with E-state index < -0.39 is 11.5 Å². The summed E-state index contributed by atoms with van der Waals surface area (Å²) >= 11 is 1.49. The van der Waals surface area contributed by atoms with E-state index in [0.717, 1.165) is 24.3 Å². The Labute approximate surface area is 128 Å². The van der Waals surface area contributed by atoms with Crippen molar-refractivity contribution < 1.29 is 14.7 Å². The van der Waals surface area contributed by atoms with Gasteiger partial charge in [0.2, 0.25) is 0 Å². The van der Waals surface area contributed by atoms with Crippen LogP contribution in [0.3, 0.4) is 0 Å². The number of thiazole rings is 1. The van der Waals surface area contributed by atoms with E-state index in [1.54, 1.807) is 13.1 Å². The van der Waals surface area contributed by atoms with E-state index in [2.05, 4.69) is 10.3 Å². The molecule has 2 amide bonds. The van der Waals surface area contributed by atoms with Crippen molar-refractivity contribution >= 4 is 23.3 Å². The normalized spacial score (nSPS) is 23.6. The molecule has 7 heteroatoms. The van der Waals surface area contributed by atoms with Crippen LogP contribution in [0, 0.1) is 0 Å². The molecule has 1 fully saturated rings. The molecule has 116 valence electrons. The highest BCUT2D eigenvalue weighted by atomic mass is 32.1. The summed E-state index contributed by atoms with van der Waals surface area (Å²) in [5, 5.41) is 15.1. The number of carboxylic acids is 1. The second-order valence-corrected chi connectivity index (χ2v) is 6.39. The molecule has 2 unspecified atom stereocenters. The molecule has 1 aromatic rings. The van der Waals surface area contributed by atoms with Gasteiger partial charge in [0.25, 0.3) is 0 Å². The average Bonchev–Trinajstić information content (AvgIpc) is 2.98. The largest absolute Gasteiger partial charge is 0.480 e. The lowest BCUT2D eigenvalue weighted by molar-refractivity contribution is -0.150. The number of carbonyl (C=O) groups is 2. The van der Waals surface area contributed by atoms with Gasteiger partial charge < -0.3 is 15.3 Å². The molecule has 2 rings (SSSR count). The van der Waals surface area contributed by atoms with Crippen molar-refractivity contribution in [3.63, 3.8) is 0 Å². The van der Waals surface area contributed by atoms with Crippen LogP contribution in [-0.4, -0.2) is 39.1 Å². The average molecular weight is 311 g/mol. The van der Waals surface area contributed by atoms with Crippen LogP contribution in [0.2, 0.25) is 0 Å². The topological polar surface area (TPSA) is 82.5 Å². The fourth-order valence-corrected chi connectivity index (χ4v) is 3.41. The number of carbonyl (C=O) groups excluding carboxylic acids is 1. The number of hydrogen-bond acceptors (Lipinski definition) is 4. The second-order valence-electron chi connectivity index (χ2n) is 5.47. The van der Waals surface area contributed by atoms with E-state index in [9.17, 15) is 14.7 Å². The van der Waals surface area contributed by atoms with Gasteiger partial charge in [0.15, 0.2) is 0 Å². The number of piperidine rings is 1. The van der Waals surface area contributed by atoms with Crippen molar-refractivity contribution in [1.29, 1.82) is 0 Å². The third kappa shape index (κ3) is 3.18. The highest BCUT2D eigenvalue weighted by molar-refractivity contribution is 7.09. The van der Waals surface area contributed by atoms with Gasteiger partial charge >= 0.3 is 12.0 Å². The number of aromatic nitrogens is 1. The van der Waals surface area contributed by atoms with Crippen LogP contribution in [0.5, 0.6) is 0 Å². The lowest BCUT2D eigenvalue weighted by Crippen LogP contribution is -2.60. The summed E-state index contributed by atoms with van der Waals surface area (Å²) in [6.45, 7) is 4.07. The fraction of sp³-hybridized carbons (Fsp3) is 0.643. The smallest absolute Gasteiger partial charge is 0.329 e. The molecule has 21 heavy (non-hydrogen) atoms. The molecule has 6 nitrogen and oxygen atoms in total. The molecule has 0 bridgehead atoms. The molecule has 0 aromatic carbocycles. The Hall–Kier alpha value is -1.63. The Morgan fingerprint density at radius 2 is 2.33 bits per heavy atom. The van der Waals surface area contributed by atoms with Crippen LogP contribution in [0.15, 0.2) is 11.6 Å². The Kier molecular flexibility index (Phi) is 4.82. The molecule has 2 N–H and O–H groups in total. The van der Waals surface area contributed by atoms with Crippen molar-refractivity contribution in [1.82, 2.24) is 15.2 Å². The molecule has 1 aliphatic heterocycles. The van der Waals surface area contributed by atoms with Gasteiger partial charge in [-0.2, -0.15) is 0 Å². The molecule has 2 heterocycles. The summed E-state index contributed by atoms with van der Waals surface area (Å²) in [7, 11) is 0. The van der Waals surface area contributed by atoms with Crippen LogP contribution in [0.1, 0.15) is 50.6 Å². The summed E-state index contributed by atoms with van der Waals surface area (Å²) in [5.41, 5.74) is -1.12. The standard InChI is InChI=1S/C14H21N3O3S/c1-3-10(11-15-7-9-21-11)16-13(20)17-8-5-4-6-14(17,2)12(18)19/h7,9-10H,3-6,8H2,1-2H3,(H,16,20)(H,18,19). The number of likely N-dealkylation sites (tertiary alicyclic amines) is 1. The van der Waals surface area contributed by atoms with Crippen LogP contribution in [-0.2, 0) is 4.79 Å². The zero-order valence-electron chi connectivity index (χ0n) is 12.3. The van der Waals surface area contributed by atoms with Crippen molar-refractivity contribution in [2.45, 2.75) is 51.1 Å². The summed E-state index contributed by atoms with van der Waals surface area (Å²) < 4.78 is 0. The van der Waals surface area contributed by atoms with E-state index >= 15 is 0 Å². The number of rotatable bonds is 4. The van der Waals surface area contributed by atoms with Gasteiger partial charge in [-0.1, -0.05) is 6.92 Å². The SMILES string of the molecule is CCC(NC(=O)N1CCCCC1(C)C(=O)O)c1nccs1. The van der Waals surface area contributed by atoms with Gasteiger partial charge in [-0.05, 0) is 32.6 Å². The zero-order valence-corrected chi connectivity index (χ0v) is 13.2. The van der Waals surface area contributed by atoms with Crippen molar-refractivity contribution in [3.05, 3.63) is 16.6 Å². The molecule has 2 atom stereocenters. The quantitative estimate of drug-likeness (QED) is 0.895. The maximum absolute atomic E-state index is 12.5. The first-order chi connectivity index (χ1) is 9.99. The first-order valence-electron chi connectivity index (χ1n) is 7.20. The predicted octanol–water partition coefficient (Wildman–Crippen LogP) is 2.63. The zero-order chi connectivity index (χ0) is 15.5. The number of nitrogens with zero attached hydrogens (tertiary/aromatic N) is 2. The van der Waals surface area contributed by atoms with Crippen molar-refractivity contribution in [2.75, 3.05) is 6.54 Å². The van der Waals surface area contributed by atoms with E-state index in [-0.39, 0.29) is 12.1 Å². The molecular weight excluding hydrogens is 290 g/mol. The van der Waals surface area contributed by atoms with Gasteiger partial charge in [0.1, 0.15) is 10.5 Å². The van der Waals surface area contributed by atoms with E-state index in [1.165, 1.54) is 16.2 Å². The highest BCUT2D eigenvalue weighted by Gasteiger charge is 2.44. The monoisotopic (exact) mass is 311 g/mol. The minimum Gasteiger partial charge on any atom is -0.480 e. The van der Waals surface area contributed by atoms with Gasteiger partial charge in [0, 0.05) is 18.1 Å². The Balaban J connectivity index is 2.12. The van der Waals surface area contributed by atoms with E-state index in [4.69, 9.17) is 0 Å². The summed E-state index contributed by atoms with van der Waals surface area (Å²) in [6, 6.07) is -0.487. The van der Waals surface area contributed by atoms with Crippen molar-refractivity contribution in [3.8, 4) is 0 Å². The number of amides is 2. The number of hydrogen-bond donors (Lipinski definition) is 2. The first-order valence-corrected chi connectivity index (χ1v) is 8.08. The lowest BCUT2D eigenvalue weighted by atomic mass is 9.89. The molecule has 1 aliphatic rings. The Bertz CT molecular complexity index is 506. The molecule has 0 saturated carbocycles. The van der Waals surface area contributed by atoms with Gasteiger partial charge in [0.05, 0.1) is 6.04 Å². The molecule has 0 radical (unpaired) electrons. The minimum absolute atomic E-state index is 0.169. The minimum atomic E-state index is -1.12. The van der Waals surface area contributed by atoms with Crippen LogP contribution in [0.4, 0.5) is 4.79 Å². The summed E-state index contributed by atoms with van der Waals surface area (Å²) in [5.74, 6) is -0.945. The molecule has 1 aromatic heterocycles. The van der Waals surface area contributed by atoms with E-state index in [0.29, 0.717) is 13.0 Å². The van der Waals surface area contributed by atoms with Crippen LogP contribution < -0.4 is 5.32 Å². The van der Waals surface area contributed by atoms with E-state index in [1.807, 2.05) is 12.3 Å². The Morgan fingerprint density at radius 3 is 2.90 bits per heavy atom. The van der Waals surface area contributed by atoms with Crippen LogP contribution >= 0.6 is 11.3 Å². The molecule has 1 saturated heterocycles.